The number of para-hydroxylation sites is 1. The van der Waals surface area contributed by atoms with Crippen molar-refractivity contribution in [3.63, 3.8) is 0 Å². The SMILES string of the molecule is Cc1cc(C=NN(C)C)c(C)n1-c1ccccc1. The van der Waals surface area contributed by atoms with Crippen molar-refractivity contribution in [2.75, 3.05) is 14.1 Å². The molecule has 0 aliphatic carbocycles. The van der Waals surface area contributed by atoms with Crippen LogP contribution in [0.15, 0.2) is 41.5 Å². The molecule has 1 aromatic carbocycles. The van der Waals surface area contributed by atoms with Gasteiger partial charge in [0, 0.05) is 36.7 Å². The van der Waals surface area contributed by atoms with Gasteiger partial charge in [0.1, 0.15) is 0 Å². The van der Waals surface area contributed by atoms with E-state index in [0.29, 0.717) is 0 Å². The Kier molecular flexibility index (Phi) is 3.51. The van der Waals surface area contributed by atoms with Crippen molar-refractivity contribution < 1.29 is 0 Å². The highest BCUT2D eigenvalue weighted by Crippen LogP contribution is 2.19. The quantitative estimate of drug-likeness (QED) is 0.597. The van der Waals surface area contributed by atoms with Gasteiger partial charge < -0.3 is 9.58 Å². The number of hydrogen-bond donors (Lipinski definition) is 0. The first-order valence-corrected chi connectivity index (χ1v) is 6.05. The fourth-order valence-corrected chi connectivity index (χ4v) is 2.07. The number of hydrazone groups is 1. The molecule has 2 rings (SSSR count). The first-order chi connectivity index (χ1) is 8.59. The van der Waals surface area contributed by atoms with E-state index in [1.807, 2.05) is 26.4 Å². The van der Waals surface area contributed by atoms with Crippen LogP contribution < -0.4 is 0 Å². The molecular formula is C15H19N3. The minimum Gasteiger partial charge on any atom is -0.318 e. The van der Waals surface area contributed by atoms with E-state index in [1.165, 1.54) is 17.1 Å². The van der Waals surface area contributed by atoms with Crippen LogP contribution in [0, 0.1) is 13.8 Å². The standard InChI is InChI=1S/C15H19N3/c1-12-10-14(11-16-17(3)4)13(2)18(12)15-8-6-5-7-9-15/h5-11H,1-4H3. The Bertz CT molecular complexity index is 551. The van der Waals surface area contributed by atoms with Crippen LogP contribution in [0.4, 0.5) is 0 Å². The Balaban J connectivity index is 2.45. The minimum atomic E-state index is 1.16. The lowest BCUT2D eigenvalue weighted by Crippen LogP contribution is -2.03. The van der Waals surface area contributed by atoms with E-state index in [9.17, 15) is 0 Å². The van der Waals surface area contributed by atoms with Gasteiger partial charge in [-0.1, -0.05) is 18.2 Å². The summed E-state index contributed by atoms with van der Waals surface area (Å²) in [6.45, 7) is 4.24. The minimum absolute atomic E-state index is 1.16. The van der Waals surface area contributed by atoms with Crippen LogP contribution in [-0.4, -0.2) is 29.9 Å². The summed E-state index contributed by atoms with van der Waals surface area (Å²) in [6, 6.07) is 12.5. The van der Waals surface area contributed by atoms with Gasteiger partial charge in [0.15, 0.2) is 0 Å². The van der Waals surface area contributed by atoms with Gasteiger partial charge in [0.25, 0.3) is 0 Å². The van der Waals surface area contributed by atoms with Crippen molar-refractivity contribution in [2.45, 2.75) is 13.8 Å². The summed E-state index contributed by atoms with van der Waals surface area (Å²) < 4.78 is 2.25. The van der Waals surface area contributed by atoms with Crippen molar-refractivity contribution in [1.29, 1.82) is 0 Å². The Labute approximate surface area is 108 Å². The third-order valence-electron chi connectivity index (χ3n) is 2.91. The van der Waals surface area contributed by atoms with Crippen LogP contribution in [0.5, 0.6) is 0 Å². The summed E-state index contributed by atoms with van der Waals surface area (Å²) in [6.07, 6.45) is 1.90. The maximum atomic E-state index is 4.30. The average molecular weight is 241 g/mol. The number of rotatable bonds is 3. The molecule has 0 radical (unpaired) electrons. The second-order valence-electron chi connectivity index (χ2n) is 4.59. The molecule has 0 atom stereocenters. The van der Waals surface area contributed by atoms with Gasteiger partial charge in [-0.2, -0.15) is 5.10 Å². The highest BCUT2D eigenvalue weighted by Gasteiger charge is 2.08. The van der Waals surface area contributed by atoms with Crippen LogP contribution in [0.25, 0.3) is 5.69 Å². The van der Waals surface area contributed by atoms with E-state index in [1.54, 1.807) is 5.01 Å². The maximum absolute atomic E-state index is 4.30. The van der Waals surface area contributed by atoms with Gasteiger partial charge in [-0.15, -0.1) is 0 Å². The molecule has 0 saturated carbocycles. The van der Waals surface area contributed by atoms with Crippen molar-refractivity contribution in [2.24, 2.45) is 5.10 Å². The molecule has 0 aliphatic heterocycles. The Morgan fingerprint density at radius 3 is 2.39 bits per heavy atom. The number of aromatic nitrogens is 1. The number of aryl methyl sites for hydroxylation is 1. The summed E-state index contributed by atoms with van der Waals surface area (Å²) in [5, 5.41) is 6.10. The van der Waals surface area contributed by atoms with Crippen LogP contribution in [0.1, 0.15) is 17.0 Å². The monoisotopic (exact) mass is 241 g/mol. The summed E-state index contributed by atoms with van der Waals surface area (Å²) in [4.78, 5) is 0. The van der Waals surface area contributed by atoms with E-state index in [2.05, 4.69) is 53.8 Å². The Hall–Kier alpha value is -2.03. The lowest BCUT2D eigenvalue weighted by Gasteiger charge is -2.09. The molecule has 0 saturated heterocycles. The molecule has 0 unspecified atom stereocenters. The molecule has 18 heavy (non-hydrogen) atoms. The van der Waals surface area contributed by atoms with E-state index >= 15 is 0 Å². The number of nitrogens with zero attached hydrogens (tertiary/aromatic N) is 3. The van der Waals surface area contributed by atoms with Crippen molar-refractivity contribution >= 4 is 6.21 Å². The van der Waals surface area contributed by atoms with Gasteiger partial charge in [0.05, 0.1) is 6.21 Å². The fraction of sp³-hybridized carbons (Fsp3) is 0.267. The van der Waals surface area contributed by atoms with Crippen LogP contribution >= 0.6 is 0 Å². The summed E-state index contributed by atoms with van der Waals surface area (Å²) >= 11 is 0. The van der Waals surface area contributed by atoms with E-state index < -0.39 is 0 Å². The second kappa shape index (κ2) is 5.08. The molecule has 0 N–H and O–H groups in total. The molecule has 0 aliphatic rings. The summed E-state index contributed by atoms with van der Waals surface area (Å²) in [7, 11) is 3.85. The third kappa shape index (κ3) is 2.45. The molecule has 0 spiro atoms. The van der Waals surface area contributed by atoms with Gasteiger partial charge in [-0.05, 0) is 32.0 Å². The van der Waals surface area contributed by atoms with Gasteiger partial charge in [0.2, 0.25) is 0 Å². The average Bonchev–Trinajstić information content (AvgIpc) is 2.63. The van der Waals surface area contributed by atoms with E-state index in [4.69, 9.17) is 0 Å². The molecule has 0 fully saturated rings. The highest BCUT2D eigenvalue weighted by atomic mass is 15.4. The normalized spacial score (nSPS) is 11.1. The largest absolute Gasteiger partial charge is 0.318 e. The van der Waals surface area contributed by atoms with Crippen molar-refractivity contribution in [1.82, 2.24) is 9.58 Å². The highest BCUT2D eigenvalue weighted by molar-refractivity contribution is 5.82. The molecular weight excluding hydrogens is 222 g/mol. The smallest absolute Gasteiger partial charge is 0.0560 e. The van der Waals surface area contributed by atoms with Crippen LogP contribution in [-0.2, 0) is 0 Å². The van der Waals surface area contributed by atoms with Gasteiger partial charge >= 0.3 is 0 Å². The van der Waals surface area contributed by atoms with Gasteiger partial charge in [-0.3, -0.25) is 0 Å². The zero-order valence-electron chi connectivity index (χ0n) is 11.4. The maximum Gasteiger partial charge on any atom is 0.0560 e. The topological polar surface area (TPSA) is 20.5 Å². The van der Waals surface area contributed by atoms with E-state index in [-0.39, 0.29) is 0 Å². The molecule has 1 aromatic heterocycles. The lowest BCUT2D eigenvalue weighted by molar-refractivity contribution is 0.440. The second-order valence-corrected chi connectivity index (χ2v) is 4.59. The Morgan fingerprint density at radius 2 is 1.78 bits per heavy atom. The number of hydrogen-bond acceptors (Lipinski definition) is 2. The van der Waals surface area contributed by atoms with Crippen LogP contribution in [0.3, 0.4) is 0 Å². The lowest BCUT2D eigenvalue weighted by atomic mass is 10.2. The van der Waals surface area contributed by atoms with E-state index in [0.717, 1.165) is 5.56 Å². The molecule has 0 bridgehead atoms. The Morgan fingerprint density at radius 1 is 1.11 bits per heavy atom. The van der Waals surface area contributed by atoms with Crippen molar-refractivity contribution in [3.05, 3.63) is 53.3 Å². The molecule has 1 heterocycles. The summed E-state index contributed by atoms with van der Waals surface area (Å²) in [5.41, 5.74) is 4.78. The first-order valence-electron chi connectivity index (χ1n) is 6.05. The molecule has 0 amide bonds. The fourth-order valence-electron chi connectivity index (χ4n) is 2.07. The zero-order chi connectivity index (χ0) is 13.1. The zero-order valence-corrected chi connectivity index (χ0v) is 11.4. The molecule has 3 heteroatoms. The van der Waals surface area contributed by atoms with Gasteiger partial charge in [-0.25, -0.2) is 0 Å². The van der Waals surface area contributed by atoms with Crippen molar-refractivity contribution in [3.8, 4) is 5.69 Å². The number of benzene rings is 1. The first kappa shape index (κ1) is 12.4. The third-order valence-corrected chi connectivity index (χ3v) is 2.91. The van der Waals surface area contributed by atoms with Crippen LogP contribution in [0.2, 0.25) is 0 Å². The predicted molar refractivity (Wildman–Crippen MR) is 76.5 cm³/mol. The molecule has 3 nitrogen and oxygen atoms in total. The molecule has 2 aromatic rings. The molecule has 94 valence electrons. The predicted octanol–water partition coefficient (Wildman–Crippen LogP) is 2.99. The summed E-state index contributed by atoms with van der Waals surface area (Å²) in [5.74, 6) is 0.